The highest BCUT2D eigenvalue weighted by atomic mass is 35.5. The maximum atomic E-state index is 7.37. The molecule has 0 unspecified atom stereocenters. The molecule has 1 aliphatic rings. The van der Waals surface area contributed by atoms with Gasteiger partial charge in [-0.15, -0.1) is 0 Å². The van der Waals surface area contributed by atoms with E-state index >= 15 is 0 Å². The predicted octanol–water partition coefficient (Wildman–Crippen LogP) is 3.28. The monoisotopic (exact) mass is 222 g/mol. The van der Waals surface area contributed by atoms with Gasteiger partial charge in [-0.2, -0.15) is 0 Å². The molecule has 1 aromatic carbocycles. The average Bonchev–Trinajstić information content (AvgIpc) is 2.83. The van der Waals surface area contributed by atoms with Gasteiger partial charge in [0.1, 0.15) is 0 Å². The van der Waals surface area contributed by atoms with Crippen molar-refractivity contribution in [3.05, 3.63) is 27.8 Å². The smallest absolute Gasteiger partial charge is 0.0467 e. The predicted molar refractivity (Wildman–Crippen MR) is 65.1 cm³/mol. The summed E-state index contributed by atoms with van der Waals surface area (Å²) in [5, 5.41) is 8.12. The third kappa shape index (κ3) is 1.53. The van der Waals surface area contributed by atoms with Crippen molar-refractivity contribution in [1.82, 2.24) is 0 Å². The molecule has 3 N–H and O–H groups in total. The van der Waals surface area contributed by atoms with Crippen LogP contribution in [0.4, 0.5) is 5.69 Å². The lowest BCUT2D eigenvalue weighted by molar-refractivity contribution is 0.780. The van der Waals surface area contributed by atoms with Gasteiger partial charge in [0.05, 0.1) is 0 Å². The number of rotatable bonds is 2. The van der Waals surface area contributed by atoms with Crippen molar-refractivity contribution < 1.29 is 0 Å². The normalized spacial score (nSPS) is 17.5. The Kier molecular flexibility index (Phi) is 2.27. The van der Waals surface area contributed by atoms with E-state index in [9.17, 15) is 0 Å². The average molecular weight is 223 g/mol. The maximum Gasteiger partial charge on any atom is 0.0467 e. The molecule has 1 aliphatic carbocycles. The Bertz CT molecular complexity index is 434. The molecule has 0 radical (unpaired) electrons. The summed E-state index contributed by atoms with van der Waals surface area (Å²) in [5.41, 5.74) is 9.69. The van der Waals surface area contributed by atoms with E-state index in [4.69, 9.17) is 22.7 Å². The number of anilines is 1. The standard InChI is InChI=1S/C12H15ClN2/c1-7-8(6-14)10(15)5-9(13)11(7)12(2)3-4-12/h5-6,14H,3-4,15H2,1-2H3. The van der Waals surface area contributed by atoms with Crippen molar-refractivity contribution in [3.8, 4) is 0 Å². The number of benzene rings is 1. The number of nitrogen functional groups attached to an aromatic ring is 1. The van der Waals surface area contributed by atoms with Crippen LogP contribution in [-0.2, 0) is 5.41 Å². The van der Waals surface area contributed by atoms with Crippen molar-refractivity contribution in [2.24, 2.45) is 0 Å². The number of nitrogens with one attached hydrogen (secondary N) is 1. The number of hydrogen-bond acceptors (Lipinski definition) is 2. The van der Waals surface area contributed by atoms with E-state index in [2.05, 4.69) is 6.92 Å². The lowest BCUT2D eigenvalue weighted by Gasteiger charge is -2.18. The van der Waals surface area contributed by atoms with E-state index in [1.807, 2.05) is 6.92 Å². The van der Waals surface area contributed by atoms with Crippen LogP contribution < -0.4 is 5.73 Å². The van der Waals surface area contributed by atoms with Crippen molar-refractivity contribution in [2.75, 3.05) is 5.73 Å². The molecule has 0 heterocycles. The van der Waals surface area contributed by atoms with E-state index in [0.717, 1.165) is 16.1 Å². The summed E-state index contributed by atoms with van der Waals surface area (Å²) >= 11 is 6.23. The molecule has 1 aromatic rings. The van der Waals surface area contributed by atoms with Crippen LogP contribution in [0, 0.1) is 12.3 Å². The van der Waals surface area contributed by atoms with Gasteiger partial charge in [-0.25, -0.2) is 0 Å². The molecule has 3 heteroatoms. The highest BCUT2D eigenvalue weighted by Crippen LogP contribution is 2.52. The number of halogens is 1. The Balaban J connectivity index is 2.69. The molecule has 2 rings (SSSR count). The second-order valence-electron chi connectivity index (χ2n) is 4.57. The molecule has 1 saturated carbocycles. The van der Waals surface area contributed by atoms with E-state index in [-0.39, 0.29) is 5.41 Å². The van der Waals surface area contributed by atoms with Gasteiger partial charge >= 0.3 is 0 Å². The molecule has 80 valence electrons. The molecule has 0 saturated heterocycles. The third-order valence-electron chi connectivity index (χ3n) is 3.36. The van der Waals surface area contributed by atoms with Crippen LogP contribution in [0.5, 0.6) is 0 Å². The highest BCUT2D eigenvalue weighted by Gasteiger charge is 2.42. The van der Waals surface area contributed by atoms with Gasteiger partial charge in [0.25, 0.3) is 0 Å². The van der Waals surface area contributed by atoms with Crippen LogP contribution in [0.1, 0.15) is 36.5 Å². The minimum atomic E-state index is 0.215. The van der Waals surface area contributed by atoms with Crippen LogP contribution in [0.2, 0.25) is 5.02 Å². The van der Waals surface area contributed by atoms with Gasteiger partial charge in [-0.3, -0.25) is 0 Å². The van der Waals surface area contributed by atoms with E-state index in [0.29, 0.717) is 5.69 Å². The van der Waals surface area contributed by atoms with Gasteiger partial charge in [0, 0.05) is 22.5 Å². The van der Waals surface area contributed by atoms with Crippen LogP contribution in [0.15, 0.2) is 6.07 Å². The molecule has 0 bridgehead atoms. The molecule has 1 fully saturated rings. The van der Waals surface area contributed by atoms with Gasteiger partial charge in [0.15, 0.2) is 0 Å². The fourth-order valence-corrected chi connectivity index (χ4v) is 2.67. The largest absolute Gasteiger partial charge is 0.398 e. The quantitative estimate of drug-likeness (QED) is 0.586. The summed E-state index contributed by atoms with van der Waals surface area (Å²) in [6.45, 7) is 4.21. The summed E-state index contributed by atoms with van der Waals surface area (Å²) in [5.74, 6) is 0. The molecule has 0 spiro atoms. The Morgan fingerprint density at radius 1 is 1.53 bits per heavy atom. The minimum Gasteiger partial charge on any atom is -0.398 e. The van der Waals surface area contributed by atoms with Crippen molar-refractivity contribution in [1.29, 1.82) is 5.41 Å². The van der Waals surface area contributed by atoms with Crippen molar-refractivity contribution in [2.45, 2.75) is 32.1 Å². The van der Waals surface area contributed by atoms with Gasteiger partial charge < -0.3 is 11.1 Å². The summed E-state index contributed by atoms with van der Waals surface area (Å²) in [7, 11) is 0. The Labute approximate surface area is 94.9 Å². The minimum absolute atomic E-state index is 0.215. The van der Waals surface area contributed by atoms with E-state index in [1.165, 1.54) is 24.6 Å². The second-order valence-corrected chi connectivity index (χ2v) is 4.97. The molecule has 0 aromatic heterocycles. The van der Waals surface area contributed by atoms with Crippen LogP contribution in [-0.4, -0.2) is 6.21 Å². The zero-order valence-electron chi connectivity index (χ0n) is 9.02. The first kappa shape index (κ1) is 10.5. The molecule has 2 nitrogen and oxygen atoms in total. The molecule has 0 aliphatic heterocycles. The van der Waals surface area contributed by atoms with Crippen LogP contribution in [0.25, 0.3) is 0 Å². The fourth-order valence-electron chi connectivity index (χ4n) is 2.19. The second kappa shape index (κ2) is 3.24. The fraction of sp³-hybridized carbons (Fsp3) is 0.417. The first-order chi connectivity index (χ1) is 6.99. The summed E-state index contributed by atoms with van der Waals surface area (Å²) < 4.78 is 0. The molecular weight excluding hydrogens is 208 g/mol. The first-order valence-electron chi connectivity index (χ1n) is 5.09. The lowest BCUT2D eigenvalue weighted by Crippen LogP contribution is -2.08. The van der Waals surface area contributed by atoms with Gasteiger partial charge in [0.2, 0.25) is 0 Å². The topological polar surface area (TPSA) is 49.9 Å². The van der Waals surface area contributed by atoms with E-state index < -0.39 is 0 Å². The zero-order chi connectivity index (χ0) is 11.2. The maximum absolute atomic E-state index is 7.37. The highest BCUT2D eigenvalue weighted by molar-refractivity contribution is 6.32. The number of nitrogens with two attached hydrogens (primary N) is 1. The van der Waals surface area contributed by atoms with Crippen LogP contribution >= 0.6 is 11.6 Å². The van der Waals surface area contributed by atoms with Crippen LogP contribution in [0.3, 0.4) is 0 Å². The Morgan fingerprint density at radius 2 is 2.13 bits per heavy atom. The third-order valence-corrected chi connectivity index (χ3v) is 3.66. The van der Waals surface area contributed by atoms with Crippen molar-refractivity contribution >= 4 is 23.5 Å². The summed E-state index contributed by atoms with van der Waals surface area (Å²) in [6, 6.07) is 1.77. The Hall–Kier alpha value is -1.02. The van der Waals surface area contributed by atoms with E-state index in [1.54, 1.807) is 6.07 Å². The zero-order valence-corrected chi connectivity index (χ0v) is 9.78. The lowest BCUT2D eigenvalue weighted by atomic mass is 9.90. The van der Waals surface area contributed by atoms with Crippen molar-refractivity contribution in [3.63, 3.8) is 0 Å². The van der Waals surface area contributed by atoms with Gasteiger partial charge in [-0.1, -0.05) is 18.5 Å². The molecular formula is C12H15ClN2. The van der Waals surface area contributed by atoms with Gasteiger partial charge in [-0.05, 0) is 42.4 Å². The SMILES string of the molecule is Cc1c(C=N)c(N)cc(Cl)c1C1(C)CC1. The summed E-state index contributed by atoms with van der Waals surface area (Å²) in [4.78, 5) is 0. The number of hydrogen-bond donors (Lipinski definition) is 2. The molecule has 0 amide bonds. The molecule has 0 atom stereocenters. The first-order valence-corrected chi connectivity index (χ1v) is 5.47. The summed E-state index contributed by atoms with van der Waals surface area (Å²) in [6.07, 6.45) is 3.67. The Morgan fingerprint density at radius 3 is 2.60 bits per heavy atom. The molecule has 15 heavy (non-hydrogen) atoms.